The first-order valence-electron chi connectivity index (χ1n) is 5.67. The van der Waals surface area contributed by atoms with Gasteiger partial charge in [0.25, 0.3) is 0 Å². The van der Waals surface area contributed by atoms with E-state index >= 15 is 0 Å². The van der Waals surface area contributed by atoms with E-state index in [1.54, 1.807) is 18.2 Å². The van der Waals surface area contributed by atoms with E-state index in [4.69, 9.17) is 5.14 Å². The summed E-state index contributed by atoms with van der Waals surface area (Å²) in [7, 11) is -3.85. The van der Waals surface area contributed by atoms with E-state index in [-0.39, 0.29) is 11.4 Å². The van der Waals surface area contributed by atoms with Crippen molar-refractivity contribution in [3.05, 3.63) is 59.7 Å². The Kier molecular flexibility index (Phi) is 4.01. The van der Waals surface area contributed by atoms with Gasteiger partial charge in [0.15, 0.2) is 11.6 Å². The standard InChI is InChI=1S/C13H12F2N2O2S/c14-10-6-5-9(7-11(10)15)8-17-12-3-1-2-4-13(12)20(16,18)19/h1-7,17H,8H2,(H2,16,18,19). The fourth-order valence-corrected chi connectivity index (χ4v) is 2.42. The van der Waals surface area contributed by atoms with Crippen molar-refractivity contribution in [1.29, 1.82) is 0 Å². The number of nitrogens with one attached hydrogen (secondary N) is 1. The molecular weight excluding hydrogens is 286 g/mol. The molecule has 0 heterocycles. The Bertz CT molecular complexity index is 733. The molecule has 0 bridgehead atoms. The highest BCUT2D eigenvalue weighted by Crippen LogP contribution is 2.20. The lowest BCUT2D eigenvalue weighted by Crippen LogP contribution is -2.15. The summed E-state index contributed by atoms with van der Waals surface area (Å²) in [5.41, 5.74) is 0.785. The van der Waals surface area contributed by atoms with Crippen molar-refractivity contribution in [3.8, 4) is 0 Å². The average Bonchev–Trinajstić information content (AvgIpc) is 2.39. The normalized spacial score (nSPS) is 11.3. The molecule has 7 heteroatoms. The maximum atomic E-state index is 13.1. The van der Waals surface area contributed by atoms with Gasteiger partial charge in [-0.3, -0.25) is 0 Å². The molecule has 0 aliphatic rings. The minimum atomic E-state index is -3.85. The second kappa shape index (κ2) is 5.56. The highest BCUT2D eigenvalue weighted by molar-refractivity contribution is 7.89. The van der Waals surface area contributed by atoms with Gasteiger partial charge in [-0.2, -0.15) is 0 Å². The lowest BCUT2D eigenvalue weighted by Gasteiger charge is -2.10. The van der Waals surface area contributed by atoms with Crippen LogP contribution in [0.5, 0.6) is 0 Å². The predicted octanol–water partition coefficient (Wildman–Crippen LogP) is 2.22. The Labute approximate surface area is 115 Å². The van der Waals surface area contributed by atoms with Crippen molar-refractivity contribution in [2.45, 2.75) is 11.4 Å². The first-order valence-corrected chi connectivity index (χ1v) is 7.22. The topological polar surface area (TPSA) is 72.2 Å². The molecule has 106 valence electrons. The van der Waals surface area contributed by atoms with Crippen molar-refractivity contribution in [1.82, 2.24) is 0 Å². The molecule has 3 N–H and O–H groups in total. The fourth-order valence-electron chi connectivity index (χ4n) is 1.71. The lowest BCUT2D eigenvalue weighted by molar-refractivity contribution is 0.507. The quantitative estimate of drug-likeness (QED) is 0.909. The molecule has 0 fully saturated rings. The van der Waals surface area contributed by atoms with Gasteiger partial charge < -0.3 is 5.32 Å². The molecule has 20 heavy (non-hydrogen) atoms. The number of nitrogens with two attached hydrogens (primary N) is 1. The molecule has 0 aliphatic carbocycles. The van der Waals surface area contributed by atoms with E-state index in [0.29, 0.717) is 11.3 Å². The van der Waals surface area contributed by atoms with Gasteiger partial charge in [-0.1, -0.05) is 18.2 Å². The van der Waals surface area contributed by atoms with Gasteiger partial charge in [0.05, 0.1) is 5.69 Å². The van der Waals surface area contributed by atoms with Crippen LogP contribution in [-0.2, 0) is 16.6 Å². The Hall–Kier alpha value is -1.99. The molecule has 2 rings (SSSR count). The number of primary sulfonamides is 1. The van der Waals surface area contributed by atoms with Crippen molar-refractivity contribution >= 4 is 15.7 Å². The molecular formula is C13H12F2N2O2S. The van der Waals surface area contributed by atoms with Crippen molar-refractivity contribution < 1.29 is 17.2 Å². The number of rotatable bonds is 4. The first kappa shape index (κ1) is 14.4. The Morgan fingerprint density at radius 1 is 1.05 bits per heavy atom. The van der Waals surface area contributed by atoms with Crippen LogP contribution in [-0.4, -0.2) is 8.42 Å². The summed E-state index contributed by atoms with van der Waals surface area (Å²) in [6.45, 7) is 0.143. The van der Waals surface area contributed by atoms with Gasteiger partial charge >= 0.3 is 0 Å². The molecule has 0 aliphatic heterocycles. The van der Waals surface area contributed by atoms with Crippen LogP contribution in [0.1, 0.15) is 5.56 Å². The van der Waals surface area contributed by atoms with E-state index in [0.717, 1.165) is 12.1 Å². The molecule has 0 amide bonds. The molecule has 2 aromatic carbocycles. The third-order valence-corrected chi connectivity index (χ3v) is 3.63. The van der Waals surface area contributed by atoms with Crippen LogP contribution < -0.4 is 10.5 Å². The zero-order valence-corrected chi connectivity index (χ0v) is 11.1. The minimum Gasteiger partial charge on any atom is -0.380 e. The van der Waals surface area contributed by atoms with Gasteiger partial charge in [-0.25, -0.2) is 22.3 Å². The number of halogens is 2. The number of hydrogen-bond acceptors (Lipinski definition) is 3. The van der Waals surface area contributed by atoms with Gasteiger partial charge in [0.1, 0.15) is 4.90 Å². The van der Waals surface area contributed by atoms with E-state index in [1.165, 1.54) is 12.1 Å². The number of sulfonamides is 1. The van der Waals surface area contributed by atoms with E-state index in [1.807, 2.05) is 0 Å². The van der Waals surface area contributed by atoms with Crippen molar-refractivity contribution in [2.24, 2.45) is 5.14 Å². The Balaban J connectivity index is 2.21. The number of anilines is 1. The third kappa shape index (κ3) is 3.31. The number of hydrogen-bond donors (Lipinski definition) is 2. The number of para-hydroxylation sites is 1. The summed E-state index contributed by atoms with van der Waals surface area (Å²) in [5, 5.41) is 7.93. The third-order valence-electron chi connectivity index (χ3n) is 2.66. The van der Waals surface area contributed by atoms with Crippen LogP contribution >= 0.6 is 0 Å². The highest BCUT2D eigenvalue weighted by Gasteiger charge is 2.12. The monoisotopic (exact) mass is 298 g/mol. The smallest absolute Gasteiger partial charge is 0.240 e. The molecule has 0 aromatic heterocycles. The second-order valence-electron chi connectivity index (χ2n) is 4.14. The SMILES string of the molecule is NS(=O)(=O)c1ccccc1NCc1ccc(F)c(F)c1. The number of benzene rings is 2. The van der Waals surface area contributed by atoms with Crippen LogP contribution in [0.2, 0.25) is 0 Å². The summed E-state index contributed by atoms with van der Waals surface area (Å²) in [6.07, 6.45) is 0. The maximum absolute atomic E-state index is 13.1. The summed E-state index contributed by atoms with van der Waals surface area (Å²) in [5.74, 6) is -1.89. The van der Waals surface area contributed by atoms with Crippen LogP contribution in [0.4, 0.5) is 14.5 Å². The summed E-state index contributed by atoms with van der Waals surface area (Å²) in [6, 6.07) is 9.55. The summed E-state index contributed by atoms with van der Waals surface area (Å²) in [4.78, 5) is -0.0532. The van der Waals surface area contributed by atoms with Crippen LogP contribution in [0.15, 0.2) is 47.4 Å². The second-order valence-corrected chi connectivity index (χ2v) is 5.67. The fraction of sp³-hybridized carbons (Fsp3) is 0.0769. The molecule has 0 spiro atoms. The van der Waals surface area contributed by atoms with Crippen LogP contribution in [0, 0.1) is 11.6 Å². The van der Waals surface area contributed by atoms with Crippen molar-refractivity contribution in [2.75, 3.05) is 5.32 Å². The largest absolute Gasteiger partial charge is 0.380 e. The molecule has 4 nitrogen and oxygen atoms in total. The van der Waals surface area contributed by atoms with E-state index in [2.05, 4.69) is 5.32 Å². The molecule has 0 radical (unpaired) electrons. The molecule has 0 unspecified atom stereocenters. The van der Waals surface area contributed by atoms with Crippen LogP contribution in [0.25, 0.3) is 0 Å². The van der Waals surface area contributed by atoms with Gasteiger partial charge in [0, 0.05) is 6.54 Å². The summed E-state index contributed by atoms with van der Waals surface area (Å²) < 4.78 is 48.6. The minimum absolute atomic E-state index is 0.0532. The van der Waals surface area contributed by atoms with Gasteiger partial charge in [-0.15, -0.1) is 0 Å². The Morgan fingerprint density at radius 2 is 1.75 bits per heavy atom. The molecule has 0 saturated carbocycles. The molecule has 2 aromatic rings. The average molecular weight is 298 g/mol. The lowest BCUT2D eigenvalue weighted by atomic mass is 10.2. The van der Waals surface area contributed by atoms with E-state index < -0.39 is 21.7 Å². The Morgan fingerprint density at radius 3 is 2.40 bits per heavy atom. The van der Waals surface area contributed by atoms with Gasteiger partial charge in [0.2, 0.25) is 10.0 Å². The summed E-state index contributed by atoms with van der Waals surface area (Å²) >= 11 is 0. The highest BCUT2D eigenvalue weighted by atomic mass is 32.2. The zero-order valence-electron chi connectivity index (χ0n) is 10.3. The van der Waals surface area contributed by atoms with E-state index in [9.17, 15) is 17.2 Å². The maximum Gasteiger partial charge on any atom is 0.240 e. The van der Waals surface area contributed by atoms with Crippen molar-refractivity contribution in [3.63, 3.8) is 0 Å². The van der Waals surface area contributed by atoms with Crippen LogP contribution in [0.3, 0.4) is 0 Å². The first-order chi connectivity index (χ1) is 9.38. The molecule has 0 saturated heterocycles. The molecule has 0 atom stereocenters. The predicted molar refractivity (Wildman–Crippen MR) is 71.5 cm³/mol. The van der Waals surface area contributed by atoms with Gasteiger partial charge in [-0.05, 0) is 29.8 Å². The zero-order chi connectivity index (χ0) is 14.8.